The van der Waals surface area contributed by atoms with Gasteiger partial charge in [0.25, 0.3) is 0 Å². The Kier molecular flexibility index (Phi) is 2.43. The number of rotatable bonds is 0. The number of hydrogen-bond acceptors (Lipinski definition) is 3. The minimum Gasteiger partial charge on any atom is -1.00 e. The van der Waals surface area contributed by atoms with Crippen LogP contribution >= 0.6 is 0 Å². The summed E-state index contributed by atoms with van der Waals surface area (Å²) < 4.78 is 0. The summed E-state index contributed by atoms with van der Waals surface area (Å²) in [5.41, 5.74) is 0.338. The van der Waals surface area contributed by atoms with Gasteiger partial charge in [0.2, 0.25) is 0 Å². The summed E-state index contributed by atoms with van der Waals surface area (Å²) >= 11 is 0. The molecule has 12 heavy (non-hydrogen) atoms. The first kappa shape index (κ1) is 9.13. The first-order valence-electron chi connectivity index (χ1n) is 3.01. The number of primary amides is 2. The summed E-state index contributed by atoms with van der Waals surface area (Å²) in [7, 11) is 0. The maximum Gasteiger partial charge on any atom is 0.426 e. The molecule has 6 nitrogen and oxygen atoms in total. The van der Waals surface area contributed by atoms with Gasteiger partial charge in [-0.05, 0) is 0 Å². The third-order valence-electron chi connectivity index (χ3n) is 1.39. The number of fused-ring (bicyclic) bond motifs is 1. The van der Waals surface area contributed by atoms with E-state index in [2.05, 4.69) is 15.3 Å². The summed E-state index contributed by atoms with van der Waals surface area (Å²) in [4.78, 5) is 28.0. The van der Waals surface area contributed by atoms with Crippen molar-refractivity contribution in [2.45, 2.75) is 0 Å². The normalized spacial score (nSPS) is 14.7. The number of anilines is 1. The number of nitrogens with two attached hydrogens (primary N) is 1. The van der Waals surface area contributed by atoms with Crippen molar-refractivity contribution in [2.75, 3.05) is 5.32 Å². The number of H-pyrrole nitrogens is 1. The number of halogens is 1. The lowest BCUT2D eigenvalue weighted by molar-refractivity contribution is -0.447. The van der Waals surface area contributed by atoms with E-state index in [1.807, 2.05) is 0 Å². The number of aromatic amines is 1. The maximum absolute atomic E-state index is 11.0. The fourth-order valence-corrected chi connectivity index (χ4v) is 0.921. The quantitative estimate of drug-likeness (QED) is 0.420. The second-order valence-electron chi connectivity index (χ2n) is 2.12. The fraction of sp³-hybridized carbons (Fsp3) is 0. The lowest BCUT2D eigenvalue weighted by atomic mass is 10.3. The van der Waals surface area contributed by atoms with Gasteiger partial charge in [0.1, 0.15) is 0 Å². The molecule has 0 unspecified atom stereocenters. The predicted octanol–water partition coefficient (Wildman–Crippen LogP) is -4.34. The van der Waals surface area contributed by atoms with Gasteiger partial charge in [-0.1, -0.05) is 0 Å². The number of hydrogen-bond donors (Lipinski definition) is 3. The smallest absolute Gasteiger partial charge is 0.426 e. The lowest BCUT2D eigenvalue weighted by Crippen LogP contribution is -3.00. The number of carbonyl (C=O) groups is 2. The highest BCUT2D eigenvalue weighted by Gasteiger charge is 2.28. The number of aromatic nitrogens is 2. The van der Waals surface area contributed by atoms with Crippen LogP contribution < -0.4 is 34.6 Å². The number of urea groups is 1. The van der Waals surface area contributed by atoms with E-state index in [1.54, 1.807) is 0 Å². The molecule has 2 heterocycles. The molecule has 1 aromatic heterocycles. The van der Waals surface area contributed by atoms with Crippen LogP contribution in [0.25, 0.3) is 0 Å². The van der Waals surface area contributed by atoms with Crippen LogP contribution in [0.2, 0.25) is 0 Å². The minimum atomic E-state index is -0.422. The molecule has 1 aromatic rings. The van der Waals surface area contributed by atoms with Crippen LogP contribution in [0, 0.1) is 0 Å². The van der Waals surface area contributed by atoms with Crippen molar-refractivity contribution in [1.29, 1.82) is 0 Å². The molecule has 0 aliphatic carbocycles. The van der Waals surface area contributed by atoms with E-state index in [4.69, 9.17) is 0 Å². The largest absolute Gasteiger partial charge is 1.00 e. The Bertz CT molecular complexity index is 334. The summed E-state index contributed by atoms with van der Waals surface area (Å²) in [5, 5.41) is 3.40. The molecule has 3 amide bonds. The Morgan fingerprint density at radius 1 is 1.42 bits per heavy atom. The molecule has 7 heteroatoms. The first-order chi connectivity index (χ1) is 5.27. The third-order valence-corrected chi connectivity index (χ3v) is 1.39. The molecule has 0 spiro atoms. The number of nitrogens with zero attached hydrogens (tertiary/aromatic N) is 1. The van der Waals surface area contributed by atoms with Crippen LogP contribution in [0.3, 0.4) is 0 Å². The zero-order chi connectivity index (χ0) is 7.84. The molecule has 2 rings (SSSR count). The highest BCUT2D eigenvalue weighted by molar-refractivity contribution is 6.02. The average Bonchev–Trinajstić information content (AvgIpc) is 2.34. The highest BCUT2D eigenvalue weighted by atomic mass is 127. The Morgan fingerprint density at radius 2 is 2.17 bits per heavy atom. The van der Waals surface area contributed by atoms with Gasteiger partial charge in [-0.3, -0.25) is 5.32 Å². The topological polar surface area (TPSA) is 91.5 Å². The van der Waals surface area contributed by atoms with E-state index in [9.17, 15) is 9.59 Å². The number of imidazole rings is 1. The van der Waals surface area contributed by atoms with Gasteiger partial charge in [0.15, 0.2) is 11.5 Å². The number of carbonyl (C=O) groups excluding carboxylic acids is 2. The average molecular weight is 280 g/mol. The first-order valence-corrected chi connectivity index (χ1v) is 3.01. The predicted molar refractivity (Wildman–Crippen MR) is 33.9 cm³/mol. The third kappa shape index (κ3) is 1.32. The Hall–Kier alpha value is -0.960. The molecule has 0 radical (unpaired) electrons. The SMILES string of the molecule is O=C1Nc2nc[nH]c2C(=O)[NH2+]1.[I-]. The zero-order valence-corrected chi connectivity index (χ0v) is 7.95. The molecular weight excluding hydrogens is 275 g/mol. The van der Waals surface area contributed by atoms with E-state index < -0.39 is 6.03 Å². The van der Waals surface area contributed by atoms with E-state index in [1.165, 1.54) is 6.33 Å². The molecule has 0 bridgehead atoms. The summed E-state index contributed by atoms with van der Waals surface area (Å²) in [6.07, 6.45) is 1.36. The zero-order valence-electron chi connectivity index (χ0n) is 5.80. The van der Waals surface area contributed by atoms with Gasteiger partial charge in [0, 0.05) is 0 Å². The molecule has 4 N–H and O–H groups in total. The Balaban J connectivity index is 0.000000720. The summed E-state index contributed by atoms with van der Waals surface area (Å²) in [5.74, 6) is -0.0243. The van der Waals surface area contributed by atoms with E-state index >= 15 is 0 Å². The van der Waals surface area contributed by atoms with Gasteiger partial charge in [-0.25, -0.2) is 14.6 Å². The molecule has 0 fully saturated rings. The number of nitrogens with one attached hydrogen (secondary N) is 2. The van der Waals surface area contributed by atoms with Gasteiger partial charge < -0.3 is 29.0 Å². The molecule has 0 aromatic carbocycles. The number of amides is 3. The van der Waals surface area contributed by atoms with Gasteiger partial charge in [-0.15, -0.1) is 0 Å². The number of quaternary nitrogens is 1. The van der Waals surface area contributed by atoms with Crippen LogP contribution in [0.1, 0.15) is 10.5 Å². The van der Waals surface area contributed by atoms with Gasteiger partial charge >= 0.3 is 11.9 Å². The molecule has 64 valence electrons. The van der Waals surface area contributed by atoms with Crippen LogP contribution in [-0.2, 0) is 0 Å². The van der Waals surface area contributed by atoms with E-state index in [0.717, 1.165) is 5.32 Å². The van der Waals surface area contributed by atoms with Gasteiger partial charge in [0.05, 0.1) is 6.33 Å². The van der Waals surface area contributed by atoms with Gasteiger partial charge in [-0.2, -0.15) is 5.32 Å². The fourth-order valence-electron chi connectivity index (χ4n) is 0.921. The molecule has 0 atom stereocenters. The molecule has 1 aliphatic rings. The summed E-state index contributed by atoms with van der Waals surface area (Å²) in [6.45, 7) is 0. The van der Waals surface area contributed by atoms with Crippen LogP contribution in [0.4, 0.5) is 10.6 Å². The van der Waals surface area contributed by atoms with Crippen molar-refractivity contribution < 1.29 is 38.9 Å². The van der Waals surface area contributed by atoms with Crippen molar-refractivity contribution in [1.82, 2.24) is 9.97 Å². The second-order valence-corrected chi connectivity index (χ2v) is 2.12. The highest BCUT2D eigenvalue weighted by Crippen LogP contribution is 2.08. The number of imide groups is 1. The monoisotopic (exact) mass is 280 g/mol. The van der Waals surface area contributed by atoms with Crippen molar-refractivity contribution >= 4 is 17.8 Å². The van der Waals surface area contributed by atoms with Crippen LogP contribution in [-0.4, -0.2) is 21.9 Å². The second kappa shape index (κ2) is 3.19. The standard InChI is InChI=1S/C5H4N4O2.HI/c10-4-2-3(7-1-6-2)8-5(11)9-4;/h1H,(H3,6,7,8,9,10,11);1H. The molecule has 1 aliphatic heterocycles. The maximum atomic E-state index is 11.0. The summed E-state index contributed by atoms with van der Waals surface area (Å²) in [6, 6.07) is -0.422. The van der Waals surface area contributed by atoms with Crippen molar-refractivity contribution in [3.63, 3.8) is 0 Å². The minimum absolute atomic E-state index is 0. The molecule has 0 saturated heterocycles. The Labute approximate surface area is 84.2 Å². The van der Waals surface area contributed by atoms with E-state index in [-0.39, 0.29) is 29.9 Å². The molecular formula is C5H5IN4O2. The van der Waals surface area contributed by atoms with E-state index in [0.29, 0.717) is 11.5 Å². The lowest BCUT2D eigenvalue weighted by Gasteiger charge is -2.04. The van der Waals surface area contributed by atoms with Crippen LogP contribution in [0.15, 0.2) is 6.33 Å². The van der Waals surface area contributed by atoms with Crippen molar-refractivity contribution in [3.05, 3.63) is 12.0 Å². The van der Waals surface area contributed by atoms with Crippen molar-refractivity contribution in [2.24, 2.45) is 0 Å². The van der Waals surface area contributed by atoms with Crippen LogP contribution in [0.5, 0.6) is 0 Å². The van der Waals surface area contributed by atoms with Crippen molar-refractivity contribution in [3.8, 4) is 0 Å². The Morgan fingerprint density at radius 3 is 2.92 bits per heavy atom. The molecule has 0 saturated carbocycles.